The number of allylic oxidation sites excluding steroid dienone is 1. The van der Waals surface area contributed by atoms with Crippen LogP contribution in [0.4, 0.5) is 11.4 Å². The molecular formula is C44H60N4O8. The molecule has 0 aliphatic carbocycles. The number of nitrogens with one attached hydrogen (secondary N) is 1. The fourth-order valence-electron chi connectivity index (χ4n) is 8.85. The molecular weight excluding hydrogens is 713 g/mol. The maximum atomic E-state index is 15.0. The third-order valence-corrected chi connectivity index (χ3v) is 11.5. The van der Waals surface area contributed by atoms with E-state index in [-0.39, 0.29) is 43.9 Å². The highest BCUT2D eigenvalue weighted by Crippen LogP contribution is 2.59. The van der Waals surface area contributed by atoms with E-state index in [0.717, 1.165) is 31.6 Å². The highest BCUT2D eigenvalue weighted by molar-refractivity contribution is 6.04. The molecule has 0 unspecified atom stereocenters. The van der Waals surface area contributed by atoms with Crippen LogP contribution in [0, 0.1) is 11.8 Å². The highest BCUT2D eigenvalue weighted by atomic mass is 16.6. The van der Waals surface area contributed by atoms with Gasteiger partial charge in [0.2, 0.25) is 11.8 Å². The Morgan fingerprint density at radius 2 is 1.71 bits per heavy atom. The molecule has 2 aromatic rings. The number of ether oxygens (including phenoxy) is 3. The number of esters is 1. The number of hydrogen-bond donors (Lipinski definition) is 2. The average molecular weight is 773 g/mol. The van der Waals surface area contributed by atoms with Crippen LogP contribution in [0.2, 0.25) is 0 Å². The number of fused-ring (bicyclic) bond motifs is 1. The first-order chi connectivity index (χ1) is 27.2. The topological polar surface area (TPSA) is 138 Å². The van der Waals surface area contributed by atoms with E-state index in [0.29, 0.717) is 49.9 Å². The molecule has 3 fully saturated rings. The molecule has 3 saturated heterocycles. The van der Waals surface area contributed by atoms with E-state index < -0.39 is 47.7 Å². The van der Waals surface area contributed by atoms with Crippen molar-refractivity contribution >= 4 is 35.1 Å². The molecule has 12 nitrogen and oxygen atoms in total. The van der Waals surface area contributed by atoms with Gasteiger partial charge in [-0.05, 0) is 75.8 Å². The quantitative estimate of drug-likeness (QED) is 0.0869. The third kappa shape index (κ3) is 9.03. The van der Waals surface area contributed by atoms with Crippen LogP contribution in [-0.4, -0.2) is 104 Å². The van der Waals surface area contributed by atoms with Gasteiger partial charge in [0.25, 0.3) is 5.91 Å². The SMILES string of the molecule is C=CCCC(=O)N[C@@H](COC)[C@@H](OC(=O)[C@@H]1[C@H]2C(=O)N(CCCCCCO)[C@H](C(=O)N(CC=C)c3ccc(N(CC)CC)cc3)[C@]23CC[C@H]1O3)c1ccccc1. The summed E-state index contributed by atoms with van der Waals surface area (Å²) < 4.78 is 18.6. The van der Waals surface area contributed by atoms with Gasteiger partial charge >= 0.3 is 5.97 Å². The molecule has 3 aliphatic heterocycles. The minimum Gasteiger partial charge on any atom is -0.455 e. The Bertz CT molecular complexity index is 1650. The molecule has 2 aromatic carbocycles. The van der Waals surface area contributed by atoms with Gasteiger partial charge in [0.05, 0.1) is 30.6 Å². The van der Waals surface area contributed by atoms with E-state index >= 15 is 4.79 Å². The summed E-state index contributed by atoms with van der Waals surface area (Å²) in [4.78, 5) is 62.9. The molecule has 3 heterocycles. The zero-order chi connectivity index (χ0) is 40.2. The summed E-state index contributed by atoms with van der Waals surface area (Å²) in [7, 11) is 1.52. The first kappa shape index (κ1) is 42.6. The first-order valence-corrected chi connectivity index (χ1v) is 20.2. The Hall–Kier alpha value is -4.52. The van der Waals surface area contributed by atoms with Crippen molar-refractivity contribution in [1.29, 1.82) is 0 Å². The predicted molar refractivity (Wildman–Crippen MR) is 216 cm³/mol. The number of rotatable bonds is 23. The summed E-state index contributed by atoms with van der Waals surface area (Å²) >= 11 is 0. The fraction of sp³-hybridized carbons (Fsp3) is 0.545. The van der Waals surface area contributed by atoms with E-state index in [1.807, 2.05) is 54.6 Å². The van der Waals surface area contributed by atoms with Crippen LogP contribution in [0.1, 0.15) is 76.9 Å². The highest BCUT2D eigenvalue weighted by Gasteiger charge is 2.75. The van der Waals surface area contributed by atoms with E-state index in [9.17, 15) is 19.5 Å². The van der Waals surface area contributed by atoms with Crippen LogP contribution in [0.15, 0.2) is 79.9 Å². The number of aliphatic hydroxyl groups is 1. The molecule has 7 atom stereocenters. The van der Waals surface area contributed by atoms with E-state index in [2.05, 4.69) is 37.2 Å². The molecule has 5 rings (SSSR count). The summed E-state index contributed by atoms with van der Waals surface area (Å²) in [6.07, 6.45) is 6.22. The van der Waals surface area contributed by atoms with Gasteiger partial charge in [-0.15, -0.1) is 13.2 Å². The van der Waals surface area contributed by atoms with Gasteiger partial charge in [-0.25, -0.2) is 0 Å². The van der Waals surface area contributed by atoms with E-state index in [1.165, 1.54) is 7.11 Å². The molecule has 0 radical (unpaired) electrons. The number of likely N-dealkylation sites (tertiary alicyclic amines) is 1. The van der Waals surface area contributed by atoms with Crippen molar-refractivity contribution in [3.8, 4) is 0 Å². The Balaban J connectivity index is 1.48. The number of nitrogens with zero attached hydrogens (tertiary/aromatic N) is 3. The van der Waals surface area contributed by atoms with Crippen LogP contribution >= 0.6 is 0 Å². The maximum Gasteiger partial charge on any atom is 0.313 e. The second-order valence-electron chi connectivity index (χ2n) is 14.9. The zero-order valence-corrected chi connectivity index (χ0v) is 33.3. The van der Waals surface area contributed by atoms with E-state index in [1.54, 1.807) is 22.0 Å². The zero-order valence-electron chi connectivity index (χ0n) is 33.3. The molecule has 304 valence electrons. The van der Waals surface area contributed by atoms with Gasteiger partial charge in [0.15, 0.2) is 0 Å². The predicted octanol–water partition coefficient (Wildman–Crippen LogP) is 5.36. The van der Waals surface area contributed by atoms with Crippen molar-refractivity contribution in [2.75, 3.05) is 56.3 Å². The summed E-state index contributed by atoms with van der Waals surface area (Å²) in [5.41, 5.74) is 1.14. The monoisotopic (exact) mass is 772 g/mol. The summed E-state index contributed by atoms with van der Waals surface area (Å²) in [6, 6.07) is 15.3. The van der Waals surface area contributed by atoms with Crippen molar-refractivity contribution in [2.24, 2.45) is 11.8 Å². The standard InChI is InChI=1S/C44H60N4O8/c1-6-10-20-36(50)45-34(30-54-5)39(31-18-14-13-15-19-31)55-43(53)37-35-25-26-44(56-35)38(37)41(51)48(28-16-11-12-17-29-49)40(44)42(52)47(27-7-2)33-23-21-32(22-24-33)46(8-3)9-4/h6-7,13-15,18-19,21-24,34-35,37-40,49H,1-2,8-12,16-17,20,25-30H2,3-5H3,(H,45,50)/t34-,35+,37-,38-,39-,40+,44-/m0/s1. The van der Waals surface area contributed by atoms with Crippen LogP contribution in [0.25, 0.3) is 0 Å². The van der Waals surface area contributed by atoms with Crippen LogP contribution in [0.3, 0.4) is 0 Å². The molecule has 0 aromatic heterocycles. The molecule has 2 bridgehead atoms. The number of anilines is 2. The minimum atomic E-state index is -1.23. The molecule has 3 aliphatic rings. The normalized spacial score (nSPS) is 23.3. The molecule has 2 N–H and O–H groups in total. The van der Waals surface area contributed by atoms with Crippen molar-refractivity contribution in [3.05, 3.63) is 85.5 Å². The molecule has 3 amide bonds. The number of unbranched alkanes of at least 4 members (excludes halogenated alkanes) is 3. The summed E-state index contributed by atoms with van der Waals surface area (Å²) in [6.45, 7) is 14.2. The Labute approximate surface area is 331 Å². The summed E-state index contributed by atoms with van der Waals surface area (Å²) in [5.74, 6) is -3.33. The lowest BCUT2D eigenvalue weighted by atomic mass is 9.70. The van der Waals surface area contributed by atoms with Gasteiger partial charge in [-0.2, -0.15) is 0 Å². The van der Waals surface area contributed by atoms with Crippen LogP contribution in [-0.2, 0) is 33.4 Å². The third-order valence-electron chi connectivity index (χ3n) is 11.5. The molecule has 1 spiro atoms. The van der Waals surface area contributed by atoms with Crippen LogP contribution in [0.5, 0.6) is 0 Å². The van der Waals surface area contributed by atoms with Crippen molar-refractivity contribution < 1.29 is 38.5 Å². The van der Waals surface area contributed by atoms with Crippen LogP contribution < -0.4 is 15.1 Å². The Morgan fingerprint density at radius 3 is 2.36 bits per heavy atom. The van der Waals surface area contributed by atoms with Gasteiger partial charge in [0.1, 0.15) is 17.7 Å². The van der Waals surface area contributed by atoms with Gasteiger partial charge in [-0.3, -0.25) is 19.2 Å². The Morgan fingerprint density at radius 1 is 1.02 bits per heavy atom. The number of hydrogen-bond acceptors (Lipinski definition) is 9. The molecule has 0 saturated carbocycles. The van der Waals surface area contributed by atoms with Gasteiger partial charge < -0.3 is 39.3 Å². The number of methoxy groups -OCH3 is 1. The maximum absolute atomic E-state index is 15.0. The molecule has 12 heteroatoms. The van der Waals surface area contributed by atoms with Gasteiger partial charge in [0, 0.05) is 57.7 Å². The number of aliphatic hydroxyl groups excluding tert-OH is 1. The lowest BCUT2D eigenvalue weighted by Gasteiger charge is -2.37. The first-order valence-electron chi connectivity index (χ1n) is 20.2. The van der Waals surface area contributed by atoms with Crippen molar-refractivity contribution in [2.45, 2.75) is 95.1 Å². The second kappa shape index (κ2) is 20.1. The van der Waals surface area contributed by atoms with E-state index in [4.69, 9.17) is 14.2 Å². The lowest BCUT2D eigenvalue weighted by Crippen LogP contribution is -2.56. The van der Waals surface area contributed by atoms with Crippen molar-refractivity contribution in [1.82, 2.24) is 10.2 Å². The summed E-state index contributed by atoms with van der Waals surface area (Å²) in [5, 5.41) is 12.3. The second-order valence-corrected chi connectivity index (χ2v) is 14.9. The number of benzene rings is 2. The smallest absolute Gasteiger partial charge is 0.313 e. The number of carbonyl (C=O) groups excluding carboxylic acids is 4. The van der Waals surface area contributed by atoms with Gasteiger partial charge in [-0.1, -0.05) is 55.3 Å². The Kier molecular flexibility index (Phi) is 15.3. The number of carbonyl (C=O) groups is 4. The average Bonchev–Trinajstić information content (AvgIpc) is 3.86. The minimum absolute atomic E-state index is 0.0687. The largest absolute Gasteiger partial charge is 0.455 e. The fourth-order valence-corrected chi connectivity index (χ4v) is 8.85. The molecule has 56 heavy (non-hydrogen) atoms. The van der Waals surface area contributed by atoms with Crippen molar-refractivity contribution in [3.63, 3.8) is 0 Å². The lowest BCUT2D eigenvalue weighted by molar-refractivity contribution is -0.163. The number of amides is 3.